The Bertz CT molecular complexity index is 763. The van der Waals surface area contributed by atoms with Gasteiger partial charge in [0.25, 0.3) is 5.91 Å². The van der Waals surface area contributed by atoms with Crippen LogP contribution in [-0.2, 0) is 4.79 Å². The van der Waals surface area contributed by atoms with Crippen LogP contribution < -0.4 is 20.1 Å². The molecule has 1 aromatic carbocycles. The Balaban J connectivity index is 2.38. The van der Waals surface area contributed by atoms with Gasteiger partial charge in [0.2, 0.25) is 5.91 Å². The van der Waals surface area contributed by atoms with Crippen LogP contribution in [0.1, 0.15) is 37.6 Å². The van der Waals surface area contributed by atoms with Crippen LogP contribution in [0.5, 0.6) is 11.5 Å². The predicted octanol–water partition coefficient (Wildman–Crippen LogP) is 3.48. The minimum absolute atomic E-state index is 0.138. The summed E-state index contributed by atoms with van der Waals surface area (Å²) in [6.07, 6.45) is 3.42. The highest BCUT2D eigenvalue weighted by atomic mass is 16.5. The predicted molar refractivity (Wildman–Crippen MR) is 99.9 cm³/mol. The molecule has 2 rings (SSSR count). The van der Waals surface area contributed by atoms with Crippen molar-refractivity contribution in [3.05, 3.63) is 42.2 Å². The van der Waals surface area contributed by atoms with Crippen molar-refractivity contribution in [2.75, 3.05) is 23.8 Å². The average Bonchev–Trinajstić information content (AvgIpc) is 2.65. The lowest BCUT2D eigenvalue weighted by molar-refractivity contribution is -0.115. The topological polar surface area (TPSA) is 89.6 Å². The molecule has 2 amide bonds. The summed E-state index contributed by atoms with van der Waals surface area (Å²) in [5.41, 5.74) is 1.39. The smallest absolute Gasteiger partial charge is 0.257 e. The number of ether oxygens (including phenoxy) is 2. The third-order valence-electron chi connectivity index (χ3n) is 3.45. The molecular weight excluding hydrogens is 334 g/mol. The van der Waals surface area contributed by atoms with Gasteiger partial charge in [-0.3, -0.25) is 14.6 Å². The summed E-state index contributed by atoms with van der Waals surface area (Å²) >= 11 is 0. The molecule has 0 radical (unpaired) electrons. The maximum Gasteiger partial charge on any atom is 0.257 e. The molecule has 0 unspecified atom stereocenters. The van der Waals surface area contributed by atoms with Gasteiger partial charge in [-0.1, -0.05) is 6.92 Å². The summed E-state index contributed by atoms with van der Waals surface area (Å²) in [6, 6.07) is 6.66. The van der Waals surface area contributed by atoms with Crippen molar-refractivity contribution in [2.45, 2.75) is 27.2 Å². The quantitative estimate of drug-likeness (QED) is 0.755. The van der Waals surface area contributed by atoms with Crippen molar-refractivity contribution in [1.29, 1.82) is 0 Å². The second-order valence-electron chi connectivity index (χ2n) is 5.31. The second kappa shape index (κ2) is 9.41. The van der Waals surface area contributed by atoms with Crippen LogP contribution in [-0.4, -0.2) is 30.0 Å². The molecule has 0 bridgehead atoms. The van der Waals surface area contributed by atoms with Crippen LogP contribution in [0.3, 0.4) is 0 Å². The number of hydrogen-bond donors (Lipinski definition) is 2. The van der Waals surface area contributed by atoms with Crippen LogP contribution in [0.25, 0.3) is 0 Å². The van der Waals surface area contributed by atoms with E-state index >= 15 is 0 Å². The summed E-state index contributed by atoms with van der Waals surface area (Å²) in [5.74, 6) is 0.450. The first-order chi connectivity index (χ1) is 12.6. The Hall–Kier alpha value is -3.09. The molecule has 1 heterocycles. The molecule has 0 aliphatic rings. The van der Waals surface area contributed by atoms with E-state index in [1.54, 1.807) is 37.4 Å². The minimum atomic E-state index is -0.313. The molecule has 7 nitrogen and oxygen atoms in total. The third-order valence-corrected chi connectivity index (χ3v) is 3.45. The van der Waals surface area contributed by atoms with E-state index in [4.69, 9.17) is 9.47 Å². The van der Waals surface area contributed by atoms with Gasteiger partial charge in [-0.2, -0.15) is 0 Å². The lowest BCUT2D eigenvalue weighted by Crippen LogP contribution is -2.15. The first-order valence-electron chi connectivity index (χ1n) is 8.53. The van der Waals surface area contributed by atoms with Gasteiger partial charge in [-0.05, 0) is 26.0 Å². The number of pyridine rings is 1. The molecular formula is C19H23N3O4. The fraction of sp³-hybridized carbons (Fsp3) is 0.316. The molecule has 26 heavy (non-hydrogen) atoms. The zero-order chi connectivity index (χ0) is 18.9. The number of hydrogen-bond acceptors (Lipinski definition) is 5. The standard InChI is InChI=1S/C19H23N3O4/c1-4-18(23)21-14-10-17(26-6-3)15(11-16(14)25-5-2)22-19(24)13-8-7-9-20-12-13/h7-12H,4-6H2,1-3H3,(H,21,23)(H,22,24). The highest BCUT2D eigenvalue weighted by Gasteiger charge is 2.16. The first kappa shape index (κ1) is 19.2. The van der Waals surface area contributed by atoms with Gasteiger partial charge in [-0.25, -0.2) is 0 Å². The lowest BCUT2D eigenvalue weighted by Gasteiger charge is -2.17. The van der Waals surface area contributed by atoms with E-state index < -0.39 is 0 Å². The van der Waals surface area contributed by atoms with Crippen molar-refractivity contribution in [2.24, 2.45) is 0 Å². The monoisotopic (exact) mass is 357 g/mol. The van der Waals surface area contributed by atoms with E-state index in [1.165, 1.54) is 6.20 Å². The van der Waals surface area contributed by atoms with Gasteiger partial charge in [0, 0.05) is 30.9 Å². The minimum Gasteiger partial charge on any atom is -0.492 e. The fourth-order valence-electron chi connectivity index (χ4n) is 2.24. The van der Waals surface area contributed by atoms with Crippen molar-refractivity contribution in [1.82, 2.24) is 4.98 Å². The van der Waals surface area contributed by atoms with Crippen molar-refractivity contribution < 1.29 is 19.1 Å². The SMILES string of the molecule is CCOc1cc(NC(=O)c2cccnc2)c(OCC)cc1NC(=O)CC. The summed E-state index contributed by atoms with van der Waals surface area (Å²) in [5, 5.41) is 5.60. The van der Waals surface area contributed by atoms with E-state index in [0.29, 0.717) is 48.1 Å². The number of benzene rings is 1. The van der Waals surface area contributed by atoms with E-state index in [0.717, 1.165) is 0 Å². The van der Waals surface area contributed by atoms with Gasteiger partial charge in [0.1, 0.15) is 11.5 Å². The number of anilines is 2. The molecule has 0 saturated heterocycles. The summed E-state index contributed by atoms with van der Waals surface area (Å²) in [6.45, 7) is 6.27. The molecule has 0 saturated carbocycles. The molecule has 2 N–H and O–H groups in total. The largest absolute Gasteiger partial charge is 0.492 e. The molecule has 138 valence electrons. The Morgan fingerprint density at radius 1 is 1.00 bits per heavy atom. The fourth-order valence-corrected chi connectivity index (χ4v) is 2.24. The first-order valence-corrected chi connectivity index (χ1v) is 8.53. The number of rotatable bonds is 8. The zero-order valence-electron chi connectivity index (χ0n) is 15.2. The third kappa shape index (κ3) is 4.95. The Kier molecular flexibility index (Phi) is 6.96. The van der Waals surface area contributed by atoms with E-state index in [9.17, 15) is 9.59 Å². The van der Waals surface area contributed by atoms with Crippen molar-refractivity contribution in [3.63, 3.8) is 0 Å². The van der Waals surface area contributed by atoms with Crippen molar-refractivity contribution in [3.8, 4) is 11.5 Å². The van der Waals surface area contributed by atoms with Gasteiger partial charge in [0.15, 0.2) is 0 Å². The Labute approximate surface area is 152 Å². The van der Waals surface area contributed by atoms with Gasteiger partial charge in [0.05, 0.1) is 30.2 Å². The molecule has 7 heteroatoms. The number of carbonyl (C=O) groups excluding carboxylic acids is 2. The molecule has 0 spiro atoms. The maximum absolute atomic E-state index is 12.4. The number of nitrogens with one attached hydrogen (secondary N) is 2. The van der Waals surface area contributed by atoms with Gasteiger partial charge < -0.3 is 20.1 Å². The zero-order valence-corrected chi connectivity index (χ0v) is 15.2. The highest BCUT2D eigenvalue weighted by molar-refractivity contribution is 6.05. The van der Waals surface area contributed by atoms with Gasteiger partial charge in [-0.15, -0.1) is 0 Å². The summed E-state index contributed by atoms with van der Waals surface area (Å²) in [7, 11) is 0. The maximum atomic E-state index is 12.4. The van der Waals surface area contributed by atoms with Crippen LogP contribution in [0.2, 0.25) is 0 Å². The normalized spacial score (nSPS) is 10.1. The molecule has 0 fully saturated rings. The van der Waals surface area contributed by atoms with E-state index in [2.05, 4.69) is 15.6 Å². The lowest BCUT2D eigenvalue weighted by atomic mass is 10.2. The second-order valence-corrected chi connectivity index (χ2v) is 5.31. The molecule has 0 atom stereocenters. The number of nitrogens with zero attached hydrogens (tertiary/aromatic N) is 1. The Morgan fingerprint density at radius 3 is 2.12 bits per heavy atom. The van der Waals surface area contributed by atoms with Crippen LogP contribution in [0.15, 0.2) is 36.7 Å². The molecule has 2 aromatic rings. The van der Waals surface area contributed by atoms with Gasteiger partial charge >= 0.3 is 0 Å². The van der Waals surface area contributed by atoms with Crippen molar-refractivity contribution >= 4 is 23.2 Å². The Morgan fingerprint density at radius 2 is 1.62 bits per heavy atom. The number of amides is 2. The number of carbonyl (C=O) groups is 2. The van der Waals surface area contributed by atoms with Crippen LogP contribution in [0, 0.1) is 0 Å². The van der Waals surface area contributed by atoms with Crippen LogP contribution >= 0.6 is 0 Å². The summed E-state index contributed by atoms with van der Waals surface area (Å²) in [4.78, 5) is 28.1. The van der Waals surface area contributed by atoms with Crippen LogP contribution in [0.4, 0.5) is 11.4 Å². The van der Waals surface area contributed by atoms with E-state index in [1.807, 2.05) is 13.8 Å². The van der Waals surface area contributed by atoms with E-state index in [-0.39, 0.29) is 11.8 Å². The molecule has 0 aliphatic heterocycles. The molecule has 1 aromatic heterocycles. The number of aromatic nitrogens is 1. The molecule has 0 aliphatic carbocycles. The average molecular weight is 357 g/mol. The highest BCUT2D eigenvalue weighted by Crippen LogP contribution is 2.37. The summed E-state index contributed by atoms with van der Waals surface area (Å²) < 4.78 is 11.2.